The molecular formula is C20H20N2O5. The van der Waals surface area contributed by atoms with Gasteiger partial charge in [0.25, 0.3) is 0 Å². The number of benzene rings is 1. The highest BCUT2D eigenvalue weighted by molar-refractivity contribution is 5.99. The molecule has 140 valence electrons. The number of hydrogen-bond acceptors (Lipinski definition) is 6. The summed E-state index contributed by atoms with van der Waals surface area (Å²) >= 11 is 0. The normalized spacial score (nSPS) is 10.6. The second-order valence-electron chi connectivity index (χ2n) is 6.01. The third-order valence-electron chi connectivity index (χ3n) is 3.82. The lowest BCUT2D eigenvalue weighted by Crippen LogP contribution is -2.11. The number of carbonyl (C=O) groups excluding carboxylic acids is 2. The number of Topliss-reactive ketones (excluding diaryl/α,β-unsaturated/α-hetero) is 1. The molecule has 0 atom stereocenters. The van der Waals surface area contributed by atoms with Crippen molar-refractivity contribution < 1.29 is 23.3 Å². The van der Waals surface area contributed by atoms with Gasteiger partial charge in [0.05, 0.1) is 11.8 Å². The topological polar surface area (TPSA) is 94.6 Å². The molecule has 0 aliphatic heterocycles. The molecule has 0 saturated heterocycles. The van der Waals surface area contributed by atoms with E-state index in [4.69, 9.17) is 13.7 Å². The van der Waals surface area contributed by atoms with Crippen LogP contribution in [0.2, 0.25) is 0 Å². The summed E-state index contributed by atoms with van der Waals surface area (Å²) < 4.78 is 16.2. The zero-order chi connectivity index (χ0) is 19.2. The van der Waals surface area contributed by atoms with Crippen molar-refractivity contribution in [2.24, 2.45) is 0 Å². The second-order valence-corrected chi connectivity index (χ2v) is 6.01. The van der Waals surface area contributed by atoms with E-state index in [1.54, 1.807) is 42.7 Å². The molecule has 2 aromatic heterocycles. The van der Waals surface area contributed by atoms with E-state index < -0.39 is 0 Å². The van der Waals surface area contributed by atoms with E-state index in [2.05, 4.69) is 10.5 Å². The Kier molecular flexibility index (Phi) is 5.71. The fourth-order valence-corrected chi connectivity index (χ4v) is 2.53. The molecule has 0 aliphatic carbocycles. The number of ether oxygens (including phenoxy) is 1. The largest absolute Gasteiger partial charge is 0.486 e. The van der Waals surface area contributed by atoms with Crippen LogP contribution in [-0.4, -0.2) is 16.8 Å². The number of rotatable bonds is 8. The van der Waals surface area contributed by atoms with Crippen LogP contribution in [0.5, 0.6) is 5.75 Å². The molecule has 1 aromatic carbocycles. The number of ketones is 1. The number of anilines is 1. The van der Waals surface area contributed by atoms with Crippen LogP contribution in [0.15, 0.2) is 51.6 Å². The Morgan fingerprint density at radius 1 is 1.19 bits per heavy atom. The Labute approximate surface area is 156 Å². The van der Waals surface area contributed by atoms with Gasteiger partial charge in [-0.15, -0.1) is 0 Å². The Hall–Kier alpha value is -3.35. The van der Waals surface area contributed by atoms with Gasteiger partial charge in [0.2, 0.25) is 11.7 Å². The van der Waals surface area contributed by atoms with Gasteiger partial charge in [0.1, 0.15) is 18.1 Å². The molecule has 0 unspecified atom stereocenters. The van der Waals surface area contributed by atoms with Gasteiger partial charge >= 0.3 is 0 Å². The van der Waals surface area contributed by atoms with Crippen LogP contribution in [0.1, 0.15) is 42.7 Å². The number of carbonyl (C=O) groups is 2. The van der Waals surface area contributed by atoms with Crippen molar-refractivity contribution in [1.29, 1.82) is 0 Å². The zero-order valence-corrected chi connectivity index (χ0v) is 15.2. The first-order valence-corrected chi connectivity index (χ1v) is 8.64. The Bertz CT molecular complexity index is 928. The van der Waals surface area contributed by atoms with E-state index in [-0.39, 0.29) is 18.3 Å². The van der Waals surface area contributed by atoms with Crippen molar-refractivity contribution in [3.63, 3.8) is 0 Å². The second kappa shape index (κ2) is 8.35. The van der Waals surface area contributed by atoms with Gasteiger partial charge in [-0.3, -0.25) is 9.59 Å². The maximum atomic E-state index is 12.0. The third kappa shape index (κ3) is 4.63. The summed E-state index contributed by atoms with van der Waals surface area (Å²) in [4.78, 5) is 23.7. The number of nitrogens with zero attached hydrogens (tertiary/aromatic N) is 1. The lowest BCUT2D eigenvalue weighted by Gasteiger charge is -2.11. The summed E-state index contributed by atoms with van der Waals surface area (Å²) in [5.41, 5.74) is 1.52. The van der Waals surface area contributed by atoms with E-state index >= 15 is 0 Å². The summed E-state index contributed by atoms with van der Waals surface area (Å²) in [5, 5.41) is 6.71. The van der Waals surface area contributed by atoms with Gasteiger partial charge in [-0.25, -0.2) is 0 Å². The smallest absolute Gasteiger partial charge is 0.224 e. The maximum absolute atomic E-state index is 12.0. The molecule has 3 aromatic rings. The Morgan fingerprint density at radius 3 is 2.74 bits per heavy atom. The highest BCUT2D eigenvalue weighted by atomic mass is 16.5. The first kappa shape index (κ1) is 18.4. The monoisotopic (exact) mass is 368 g/mol. The molecule has 0 aliphatic rings. The molecule has 2 heterocycles. The minimum absolute atomic E-state index is 0.0891. The molecule has 0 saturated carbocycles. The molecule has 7 nitrogen and oxygen atoms in total. The van der Waals surface area contributed by atoms with Crippen molar-refractivity contribution in [2.45, 2.75) is 33.3 Å². The molecule has 1 amide bonds. The van der Waals surface area contributed by atoms with E-state index in [0.29, 0.717) is 40.6 Å². The highest BCUT2D eigenvalue weighted by Gasteiger charge is 2.14. The average Bonchev–Trinajstić information content (AvgIpc) is 3.32. The fraction of sp³-hybridized carbons (Fsp3) is 0.250. The number of aromatic nitrogens is 1. The Morgan fingerprint density at radius 2 is 2.04 bits per heavy atom. The van der Waals surface area contributed by atoms with Crippen molar-refractivity contribution in [1.82, 2.24) is 5.16 Å². The summed E-state index contributed by atoms with van der Waals surface area (Å²) in [7, 11) is 0. The number of amides is 1. The number of nitrogens with one attached hydrogen (secondary N) is 1. The van der Waals surface area contributed by atoms with Crippen LogP contribution in [0.4, 0.5) is 5.69 Å². The highest BCUT2D eigenvalue weighted by Crippen LogP contribution is 2.26. The lowest BCUT2D eigenvalue weighted by molar-refractivity contribution is -0.116. The Balaban J connectivity index is 1.70. The van der Waals surface area contributed by atoms with Crippen LogP contribution in [0.3, 0.4) is 0 Å². The standard InChI is InChI=1S/C20H20N2O5/c1-3-5-20(24)21-14-7-8-17(16(10-14)13(2)23)26-12-15-11-19(27-22-15)18-6-4-9-25-18/h4,6-11H,3,5,12H2,1-2H3,(H,21,24). The van der Waals surface area contributed by atoms with Crippen molar-refractivity contribution in [2.75, 3.05) is 5.32 Å². The fourth-order valence-electron chi connectivity index (χ4n) is 2.53. The predicted molar refractivity (Wildman–Crippen MR) is 98.5 cm³/mol. The quantitative estimate of drug-likeness (QED) is 0.590. The number of hydrogen-bond donors (Lipinski definition) is 1. The molecule has 27 heavy (non-hydrogen) atoms. The maximum Gasteiger partial charge on any atom is 0.224 e. The van der Waals surface area contributed by atoms with Crippen molar-refractivity contribution >= 4 is 17.4 Å². The van der Waals surface area contributed by atoms with Crippen LogP contribution < -0.4 is 10.1 Å². The van der Waals surface area contributed by atoms with Gasteiger partial charge in [-0.2, -0.15) is 0 Å². The molecule has 0 bridgehead atoms. The van der Waals surface area contributed by atoms with Crippen LogP contribution in [0, 0.1) is 0 Å². The zero-order valence-electron chi connectivity index (χ0n) is 15.2. The van der Waals surface area contributed by atoms with Gasteiger partial charge in [-0.1, -0.05) is 12.1 Å². The first-order chi connectivity index (χ1) is 13.1. The first-order valence-electron chi connectivity index (χ1n) is 8.64. The molecule has 0 radical (unpaired) electrons. The van der Waals surface area contributed by atoms with E-state index in [1.807, 2.05) is 6.92 Å². The summed E-state index contributed by atoms with van der Waals surface area (Å²) in [6, 6.07) is 10.2. The molecule has 0 fully saturated rings. The van der Waals surface area contributed by atoms with E-state index in [9.17, 15) is 9.59 Å². The predicted octanol–water partition coefficient (Wildman–Crippen LogP) is 4.45. The lowest BCUT2D eigenvalue weighted by atomic mass is 10.1. The van der Waals surface area contributed by atoms with Crippen LogP contribution in [-0.2, 0) is 11.4 Å². The van der Waals surface area contributed by atoms with Crippen LogP contribution >= 0.6 is 0 Å². The number of furan rings is 1. The molecule has 7 heteroatoms. The molecule has 1 N–H and O–H groups in total. The van der Waals surface area contributed by atoms with Crippen molar-refractivity contribution in [3.8, 4) is 17.3 Å². The summed E-state index contributed by atoms with van der Waals surface area (Å²) in [6.07, 6.45) is 2.73. The minimum Gasteiger partial charge on any atom is -0.486 e. The molecule has 3 rings (SSSR count). The van der Waals surface area contributed by atoms with Gasteiger partial charge in [-0.05, 0) is 43.7 Å². The van der Waals surface area contributed by atoms with Gasteiger partial charge in [0.15, 0.2) is 11.5 Å². The van der Waals surface area contributed by atoms with Gasteiger partial charge in [0, 0.05) is 18.2 Å². The third-order valence-corrected chi connectivity index (χ3v) is 3.82. The van der Waals surface area contributed by atoms with Gasteiger partial charge < -0.3 is 19.0 Å². The van der Waals surface area contributed by atoms with E-state index in [0.717, 1.165) is 6.42 Å². The summed E-state index contributed by atoms with van der Waals surface area (Å²) in [5.74, 6) is 1.24. The molecule has 0 spiro atoms. The minimum atomic E-state index is -0.159. The summed E-state index contributed by atoms with van der Waals surface area (Å²) in [6.45, 7) is 3.51. The van der Waals surface area contributed by atoms with Crippen molar-refractivity contribution in [3.05, 3.63) is 53.9 Å². The molecular weight excluding hydrogens is 348 g/mol. The van der Waals surface area contributed by atoms with Crippen LogP contribution in [0.25, 0.3) is 11.5 Å². The SMILES string of the molecule is CCCC(=O)Nc1ccc(OCc2cc(-c3ccco3)on2)c(C(C)=O)c1. The van der Waals surface area contributed by atoms with E-state index in [1.165, 1.54) is 6.92 Å². The average molecular weight is 368 g/mol.